The summed E-state index contributed by atoms with van der Waals surface area (Å²) in [6.07, 6.45) is 4.43. The Morgan fingerprint density at radius 2 is 1.58 bits per heavy atom. The fraction of sp³-hybridized carbons (Fsp3) is 0.712. The average Bonchev–Trinajstić information content (AvgIpc) is 3.30. The summed E-state index contributed by atoms with van der Waals surface area (Å²) >= 11 is 0. The molecular formula is C52H78N2O12. The van der Waals surface area contributed by atoms with Crippen LogP contribution >= 0.6 is 0 Å². The van der Waals surface area contributed by atoms with Crippen molar-refractivity contribution < 1.29 is 57.9 Å². The topological polar surface area (TPSA) is 178 Å². The third-order valence-electron chi connectivity index (χ3n) is 14.9. The fourth-order valence-electron chi connectivity index (χ4n) is 11.0. The molecule has 4 aliphatic rings. The van der Waals surface area contributed by atoms with E-state index in [9.17, 15) is 34.2 Å². The van der Waals surface area contributed by atoms with Crippen LogP contribution < -0.4 is 0 Å². The van der Waals surface area contributed by atoms with Gasteiger partial charge in [0.1, 0.15) is 24.0 Å². The van der Waals surface area contributed by atoms with Crippen LogP contribution in [0.3, 0.4) is 0 Å². The molecule has 0 radical (unpaired) electrons. The number of ketones is 2. The van der Waals surface area contributed by atoms with Crippen molar-refractivity contribution in [3.8, 4) is 0 Å². The minimum absolute atomic E-state index is 0.0220. The van der Waals surface area contributed by atoms with Gasteiger partial charge >= 0.3 is 5.97 Å². The molecule has 1 saturated carbocycles. The number of esters is 1. The van der Waals surface area contributed by atoms with Crippen LogP contribution in [0, 0.1) is 29.6 Å². The Balaban J connectivity index is 1.49. The van der Waals surface area contributed by atoms with Crippen LogP contribution in [0.1, 0.15) is 125 Å². The van der Waals surface area contributed by atoms with E-state index in [2.05, 4.69) is 6.92 Å². The third kappa shape index (κ3) is 12.6. The minimum atomic E-state index is -2.52. The lowest BCUT2D eigenvalue weighted by molar-refractivity contribution is -0.302. The Hall–Kier alpha value is -3.79. The molecule has 14 unspecified atom stereocenters. The number of aliphatic hydroxyl groups is 2. The van der Waals surface area contributed by atoms with Crippen molar-refractivity contribution in [1.82, 2.24) is 9.80 Å². The molecule has 1 aromatic carbocycles. The van der Waals surface area contributed by atoms with Gasteiger partial charge in [0.25, 0.3) is 11.7 Å². The van der Waals surface area contributed by atoms with E-state index in [1.54, 1.807) is 27.9 Å². The lowest BCUT2D eigenvalue weighted by Crippen LogP contribution is -2.64. The highest BCUT2D eigenvalue weighted by Crippen LogP contribution is 2.40. The molecule has 14 atom stereocenters. The van der Waals surface area contributed by atoms with E-state index in [0.29, 0.717) is 63.5 Å². The Labute approximate surface area is 392 Å². The molecule has 3 heterocycles. The first-order chi connectivity index (χ1) is 31.4. The maximum atomic E-state index is 14.6. The number of hydrogen-bond donors (Lipinski definition) is 2. The largest absolute Gasteiger partial charge is 0.456 e. The highest BCUT2D eigenvalue weighted by molar-refractivity contribution is 6.39. The first-order valence-electron chi connectivity index (χ1n) is 24.3. The zero-order valence-corrected chi connectivity index (χ0v) is 41.1. The van der Waals surface area contributed by atoms with Gasteiger partial charge in [-0.15, -0.1) is 0 Å². The van der Waals surface area contributed by atoms with E-state index in [1.807, 2.05) is 68.2 Å². The Bertz CT molecular complexity index is 1890. The van der Waals surface area contributed by atoms with Crippen molar-refractivity contribution in [1.29, 1.82) is 0 Å². The SMILES string of the molecule is CCC1C=C(C)CC(C)CC(OC)C2OC(O)(C(=O)C(=O)N3CCCCC3C(=O)OC(C(C)=CC3CCC(N(Cc4ccccc4)C(C)=O)C(OC)C3)C(C)C(O)CC1=O)C(C)CC2OC. The molecule has 14 nitrogen and oxygen atoms in total. The first-order valence-corrected chi connectivity index (χ1v) is 24.3. The van der Waals surface area contributed by atoms with Crippen molar-refractivity contribution >= 4 is 29.4 Å². The molecule has 66 heavy (non-hydrogen) atoms. The molecule has 2 N–H and O–H groups in total. The number of cyclic esters (lactones) is 1. The number of hydrogen-bond acceptors (Lipinski definition) is 12. The number of rotatable bonds is 9. The van der Waals surface area contributed by atoms with Crippen LogP contribution in [-0.4, -0.2) is 132 Å². The summed E-state index contributed by atoms with van der Waals surface area (Å²) in [5.41, 5.74) is 2.68. The molecule has 5 rings (SSSR count). The van der Waals surface area contributed by atoms with Gasteiger partial charge < -0.3 is 43.7 Å². The van der Waals surface area contributed by atoms with Crippen molar-refractivity contribution in [2.75, 3.05) is 27.9 Å². The van der Waals surface area contributed by atoms with Gasteiger partial charge in [0.2, 0.25) is 11.7 Å². The third-order valence-corrected chi connectivity index (χ3v) is 14.9. The predicted octanol–water partition coefficient (Wildman–Crippen LogP) is 6.53. The van der Waals surface area contributed by atoms with E-state index in [1.165, 1.54) is 19.1 Å². The number of carbonyl (C=O) groups is 5. The zero-order chi connectivity index (χ0) is 48.5. The summed E-state index contributed by atoms with van der Waals surface area (Å²) in [5, 5.41) is 24.0. The molecule has 1 aromatic rings. The molecule has 14 heteroatoms. The summed E-state index contributed by atoms with van der Waals surface area (Å²) in [6, 6.07) is 8.54. The molecule has 3 fully saturated rings. The van der Waals surface area contributed by atoms with Gasteiger partial charge in [0.05, 0.1) is 30.5 Å². The summed E-state index contributed by atoms with van der Waals surface area (Å²) in [4.78, 5) is 73.4. The lowest BCUT2D eigenvalue weighted by atomic mass is 9.80. The molecule has 0 spiro atoms. The number of aliphatic hydroxyl groups excluding tert-OH is 1. The van der Waals surface area contributed by atoms with Crippen molar-refractivity contribution in [3.63, 3.8) is 0 Å². The first kappa shape index (κ1) is 53.2. The molecule has 3 aliphatic heterocycles. The van der Waals surface area contributed by atoms with Gasteiger partial charge in [-0.2, -0.15) is 0 Å². The number of carbonyl (C=O) groups excluding carboxylic acids is 5. The second-order valence-corrected chi connectivity index (χ2v) is 19.8. The average molecular weight is 923 g/mol. The molecule has 368 valence electrons. The van der Waals surface area contributed by atoms with Crippen molar-refractivity contribution in [2.45, 2.75) is 180 Å². The predicted molar refractivity (Wildman–Crippen MR) is 249 cm³/mol. The van der Waals surface area contributed by atoms with Gasteiger partial charge in [0.15, 0.2) is 0 Å². The summed E-state index contributed by atoms with van der Waals surface area (Å²) in [7, 11) is 4.72. The Morgan fingerprint density at radius 3 is 2.21 bits per heavy atom. The Kier molecular flexibility index (Phi) is 19.3. The van der Waals surface area contributed by atoms with Gasteiger partial charge in [-0.1, -0.05) is 75.8 Å². The highest BCUT2D eigenvalue weighted by Gasteiger charge is 2.56. The molecule has 2 saturated heterocycles. The zero-order valence-electron chi connectivity index (χ0n) is 41.1. The van der Waals surface area contributed by atoms with E-state index in [0.717, 1.165) is 11.1 Å². The quantitative estimate of drug-likeness (QED) is 0.156. The van der Waals surface area contributed by atoms with Crippen LogP contribution in [0.25, 0.3) is 0 Å². The number of Topliss-reactive ketones (excluding diaryl/α,β-unsaturated/α-hetero) is 2. The van der Waals surface area contributed by atoms with Crippen molar-refractivity contribution in [2.24, 2.45) is 29.6 Å². The summed E-state index contributed by atoms with van der Waals surface area (Å²) in [5.74, 6) is -7.70. The van der Waals surface area contributed by atoms with Crippen LogP contribution in [0.4, 0.5) is 0 Å². The molecule has 2 amide bonds. The van der Waals surface area contributed by atoms with Crippen LogP contribution in [0.15, 0.2) is 53.6 Å². The van der Waals surface area contributed by atoms with Gasteiger partial charge in [-0.25, -0.2) is 4.79 Å². The van der Waals surface area contributed by atoms with Gasteiger partial charge in [-0.05, 0) is 101 Å². The number of methoxy groups -OCH3 is 3. The van der Waals surface area contributed by atoms with Crippen molar-refractivity contribution in [3.05, 3.63) is 59.2 Å². The number of allylic oxidation sites excluding steroid dienone is 3. The van der Waals surface area contributed by atoms with E-state index >= 15 is 0 Å². The number of piperidine rings is 1. The maximum Gasteiger partial charge on any atom is 0.329 e. The monoisotopic (exact) mass is 923 g/mol. The maximum absolute atomic E-state index is 14.6. The number of ether oxygens (including phenoxy) is 5. The fourth-order valence-corrected chi connectivity index (χ4v) is 11.0. The van der Waals surface area contributed by atoms with E-state index in [4.69, 9.17) is 23.7 Å². The second kappa shape index (κ2) is 24.0. The van der Waals surface area contributed by atoms with Crippen LogP contribution in [-0.2, 0) is 54.2 Å². The highest BCUT2D eigenvalue weighted by atomic mass is 16.7. The lowest BCUT2D eigenvalue weighted by Gasteiger charge is -2.47. The second-order valence-electron chi connectivity index (χ2n) is 19.8. The number of amides is 2. The van der Waals surface area contributed by atoms with Gasteiger partial charge in [0, 0.05) is 65.5 Å². The molecule has 0 aromatic heterocycles. The van der Waals surface area contributed by atoms with Crippen LogP contribution in [0.2, 0.25) is 0 Å². The molecule has 1 aliphatic carbocycles. The standard InChI is InChI=1S/C52H78N2O12/c1-11-39-24-31(2)23-32(3)25-45(63-9)48-46(64-10)27-34(5)52(61,66-48)49(58)50(59)53-22-16-15-19-41(53)51(60)65-47(35(6)42(56)29-43(39)57)33(4)26-38-20-21-40(44(28-38)62-8)54(36(7)55)30-37-17-13-12-14-18-37/h12-14,17-18,24,26,32,34-35,38-42,44-48,56,61H,11,15-16,19-23,25,27-30H2,1-10H3. The molecule has 2 bridgehead atoms. The number of fused-ring (bicyclic) bond motifs is 3. The van der Waals surface area contributed by atoms with E-state index in [-0.39, 0.29) is 61.5 Å². The number of nitrogens with zero attached hydrogens (tertiary/aromatic N) is 2. The van der Waals surface area contributed by atoms with E-state index < -0.39 is 77.8 Å². The van der Waals surface area contributed by atoms with Gasteiger partial charge in [-0.3, -0.25) is 19.2 Å². The summed E-state index contributed by atoms with van der Waals surface area (Å²) in [6.45, 7) is 13.3. The van der Waals surface area contributed by atoms with Crippen LogP contribution in [0.5, 0.6) is 0 Å². The Morgan fingerprint density at radius 1 is 0.909 bits per heavy atom. The smallest absolute Gasteiger partial charge is 0.329 e. The minimum Gasteiger partial charge on any atom is -0.456 e. The number of benzene rings is 1. The molecular weight excluding hydrogens is 845 g/mol. The summed E-state index contributed by atoms with van der Waals surface area (Å²) < 4.78 is 30.5. The normalized spacial score (nSPS) is 36.1.